The first kappa shape index (κ1) is 23.9. The highest BCUT2D eigenvalue weighted by Crippen LogP contribution is 2.53. The Bertz CT molecular complexity index is 758. The second kappa shape index (κ2) is 9.55. The maximum atomic E-state index is 12.5. The molecule has 12 heteroatoms. The summed E-state index contributed by atoms with van der Waals surface area (Å²) in [4.78, 5) is 24.1. The molecule has 11 atom stereocenters. The Morgan fingerprint density at radius 1 is 1.19 bits per heavy atom. The molecule has 2 aliphatic carbocycles. The SMILES string of the molecule is CO[C@H]1C[C@@H](O[C@H]2O[C@H](CO)[C@@H](O)[C@H](O)[C@H]2O)[C@@H]2C(COC(=O)SC)=C[C@@H]3OC(=O)[C@H]1[C@H]23. The van der Waals surface area contributed by atoms with Crippen molar-refractivity contribution < 1.29 is 53.7 Å². The predicted octanol–water partition coefficient (Wildman–Crippen LogP) is -1.20. The Balaban J connectivity index is 1.58. The molecule has 4 aliphatic rings. The molecule has 2 saturated heterocycles. The third kappa shape index (κ3) is 4.07. The van der Waals surface area contributed by atoms with Crippen LogP contribution in [0.3, 0.4) is 0 Å². The number of carbonyl (C=O) groups is 2. The van der Waals surface area contributed by atoms with Gasteiger partial charge in [0, 0.05) is 25.4 Å². The van der Waals surface area contributed by atoms with Crippen LogP contribution in [0.5, 0.6) is 0 Å². The van der Waals surface area contributed by atoms with E-state index in [1.807, 2.05) is 0 Å². The molecule has 32 heavy (non-hydrogen) atoms. The average molecular weight is 477 g/mol. The van der Waals surface area contributed by atoms with Gasteiger partial charge < -0.3 is 44.1 Å². The fourth-order valence-electron chi connectivity index (χ4n) is 5.28. The average Bonchev–Trinajstić information content (AvgIpc) is 3.31. The van der Waals surface area contributed by atoms with E-state index >= 15 is 0 Å². The zero-order chi connectivity index (χ0) is 23.2. The summed E-state index contributed by atoms with van der Waals surface area (Å²) in [5.74, 6) is -1.57. The smallest absolute Gasteiger partial charge is 0.367 e. The molecular formula is C20H28O11S. The second-order valence-electron chi connectivity index (χ2n) is 8.40. The molecule has 2 heterocycles. The topological polar surface area (TPSA) is 161 Å². The summed E-state index contributed by atoms with van der Waals surface area (Å²) in [5, 5.41) is 39.5. The van der Waals surface area contributed by atoms with Gasteiger partial charge in [-0.25, -0.2) is 4.79 Å². The summed E-state index contributed by atoms with van der Waals surface area (Å²) in [5.41, 5.74) is 0.726. The number of ether oxygens (including phenoxy) is 5. The van der Waals surface area contributed by atoms with Crippen molar-refractivity contribution in [3.05, 3.63) is 11.6 Å². The highest BCUT2D eigenvalue weighted by molar-refractivity contribution is 8.12. The lowest BCUT2D eigenvalue weighted by atomic mass is 9.69. The Labute approximate surface area is 188 Å². The molecule has 0 aromatic carbocycles. The fourth-order valence-corrected chi connectivity index (χ4v) is 5.46. The predicted molar refractivity (Wildman–Crippen MR) is 107 cm³/mol. The largest absolute Gasteiger partial charge is 0.457 e. The molecule has 0 bridgehead atoms. The van der Waals surface area contributed by atoms with Crippen molar-refractivity contribution in [2.24, 2.45) is 17.8 Å². The van der Waals surface area contributed by atoms with Crippen LogP contribution in [-0.2, 0) is 28.5 Å². The van der Waals surface area contributed by atoms with Crippen molar-refractivity contribution in [2.45, 2.75) is 55.4 Å². The maximum Gasteiger partial charge on any atom is 0.367 e. The van der Waals surface area contributed by atoms with Gasteiger partial charge in [-0.3, -0.25) is 4.79 Å². The van der Waals surface area contributed by atoms with Crippen LogP contribution in [0.25, 0.3) is 0 Å². The van der Waals surface area contributed by atoms with E-state index in [4.69, 9.17) is 23.7 Å². The van der Waals surface area contributed by atoms with Crippen molar-refractivity contribution in [3.8, 4) is 0 Å². The second-order valence-corrected chi connectivity index (χ2v) is 9.14. The molecule has 3 fully saturated rings. The zero-order valence-electron chi connectivity index (χ0n) is 17.6. The van der Waals surface area contributed by atoms with Crippen molar-refractivity contribution in [1.29, 1.82) is 0 Å². The number of methoxy groups -OCH3 is 1. The van der Waals surface area contributed by atoms with Crippen molar-refractivity contribution in [2.75, 3.05) is 26.6 Å². The lowest BCUT2D eigenvalue weighted by molar-refractivity contribution is -0.319. The monoisotopic (exact) mass is 476 g/mol. The number of carbonyl (C=O) groups excluding carboxylic acids is 2. The number of hydrogen-bond acceptors (Lipinski definition) is 12. The van der Waals surface area contributed by atoms with Gasteiger partial charge in [-0.2, -0.15) is 0 Å². The summed E-state index contributed by atoms with van der Waals surface area (Å²) in [6, 6.07) is 0. The van der Waals surface area contributed by atoms with Crippen LogP contribution < -0.4 is 0 Å². The number of thioether (sulfide) groups is 1. The van der Waals surface area contributed by atoms with Crippen LogP contribution in [0.15, 0.2) is 11.6 Å². The summed E-state index contributed by atoms with van der Waals surface area (Å²) in [7, 11) is 1.49. The summed E-state index contributed by atoms with van der Waals surface area (Å²) in [6.07, 6.45) is -5.13. The lowest BCUT2D eigenvalue weighted by Gasteiger charge is -2.45. The van der Waals surface area contributed by atoms with Gasteiger partial charge in [0.25, 0.3) is 0 Å². The Morgan fingerprint density at radius 2 is 1.94 bits per heavy atom. The van der Waals surface area contributed by atoms with Gasteiger partial charge in [0.15, 0.2) is 6.29 Å². The fraction of sp³-hybridized carbons (Fsp3) is 0.800. The summed E-state index contributed by atoms with van der Waals surface area (Å²) in [6.45, 7) is -0.585. The third-order valence-corrected chi connectivity index (χ3v) is 7.24. The molecule has 0 amide bonds. The Hall–Kier alpha value is -1.25. The highest BCUT2D eigenvalue weighted by Gasteiger charge is 2.61. The normalized spacial score (nSPS) is 45.2. The van der Waals surface area contributed by atoms with Gasteiger partial charge in [-0.15, -0.1) is 0 Å². The molecule has 180 valence electrons. The molecule has 0 radical (unpaired) electrons. The molecule has 4 N–H and O–H groups in total. The molecule has 1 saturated carbocycles. The van der Waals surface area contributed by atoms with Gasteiger partial charge in [-0.05, 0) is 29.7 Å². The number of aliphatic hydroxyl groups excluding tert-OH is 4. The number of rotatable bonds is 6. The molecule has 11 nitrogen and oxygen atoms in total. The van der Waals surface area contributed by atoms with E-state index in [1.54, 1.807) is 12.3 Å². The first-order valence-corrected chi connectivity index (χ1v) is 11.6. The van der Waals surface area contributed by atoms with E-state index in [2.05, 4.69) is 0 Å². The molecule has 0 aromatic heterocycles. The quantitative estimate of drug-likeness (QED) is 0.268. The summed E-state index contributed by atoms with van der Waals surface area (Å²) < 4.78 is 28.0. The van der Waals surface area contributed by atoms with E-state index in [0.29, 0.717) is 0 Å². The van der Waals surface area contributed by atoms with E-state index < -0.39 is 66.8 Å². The minimum Gasteiger partial charge on any atom is -0.457 e. The van der Waals surface area contributed by atoms with Crippen LogP contribution >= 0.6 is 11.8 Å². The van der Waals surface area contributed by atoms with E-state index in [-0.39, 0.29) is 30.8 Å². The third-order valence-electron chi connectivity index (χ3n) is 6.79. The number of hydrogen-bond donors (Lipinski definition) is 4. The molecule has 2 aliphatic heterocycles. The van der Waals surface area contributed by atoms with Crippen molar-refractivity contribution in [1.82, 2.24) is 0 Å². The number of esters is 1. The minimum absolute atomic E-state index is 0.00615. The van der Waals surface area contributed by atoms with Gasteiger partial charge in [0.2, 0.25) is 0 Å². The Morgan fingerprint density at radius 3 is 2.59 bits per heavy atom. The molecule has 0 unspecified atom stereocenters. The van der Waals surface area contributed by atoms with Crippen LogP contribution in [0, 0.1) is 17.8 Å². The first-order chi connectivity index (χ1) is 15.3. The van der Waals surface area contributed by atoms with Crippen LogP contribution in [0.4, 0.5) is 4.79 Å². The highest BCUT2D eigenvalue weighted by atomic mass is 32.2. The van der Waals surface area contributed by atoms with E-state index in [9.17, 15) is 30.0 Å². The zero-order valence-corrected chi connectivity index (χ0v) is 18.4. The van der Waals surface area contributed by atoms with Gasteiger partial charge in [0.1, 0.15) is 37.1 Å². The number of aliphatic hydroxyl groups is 4. The van der Waals surface area contributed by atoms with Crippen LogP contribution in [0.1, 0.15) is 6.42 Å². The molecule has 0 spiro atoms. The summed E-state index contributed by atoms with van der Waals surface area (Å²) >= 11 is 0.937. The Kier molecular flexibility index (Phi) is 7.13. The first-order valence-electron chi connectivity index (χ1n) is 10.4. The lowest BCUT2D eigenvalue weighted by Crippen LogP contribution is -2.60. The van der Waals surface area contributed by atoms with Gasteiger partial charge in [-0.1, -0.05) is 0 Å². The maximum absolute atomic E-state index is 12.5. The van der Waals surface area contributed by atoms with Crippen LogP contribution in [-0.4, -0.2) is 107 Å². The minimum atomic E-state index is -1.58. The van der Waals surface area contributed by atoms with Crippen molar-refractivity contribution >= 4 is 23.0 Å². The van der Waals surface area contributed by atoms with E-state index in [1.165, 1.54) is 7.11 Å². The van der Waals surface area contributed by atoms with E-state index in [0.717, 1.165) is 17.3 Å². The van der Waals surface area contributed by atoms with Gasteiger partial charge >= 0.3 is 11.3 Å². The molecular weight excluding hydrogens is 448 g/mol. The van der Waals surface area contributed by atoms with Crippen molar-refractivity contribution in [3.63, 3.8) is 0 Å². The molecule has 4 rings (SSSR count). The van der Waals surface area contributed by atoms with Crippen LogP contribution in [0.2, 0.25) is 0 Å². The van der Waals surface area contributed by atoms with Gasteiger partial charge in [0.05, 0.1) is 24.7 Å². The standard InChI is InChI=1S/C20H28O11S/c1-27-8-4-10(30-19-17(24)16(23)15(22)11(5-21)31-19)12-7(6-28-20(26)32-2)3-9-13(12)14(8)18(25)29-9/h3,8-17,19,21-24H,4-6H2,1-2H3/t8-,9-,10+,11+,12-,13-,14+,15+,16-,17+,19-/m0/s1. The molecule has 0 aromatic rings.